The number of carbonyl (C=O) groups is 3. The zero-order chi connectivity index (χ0) is 22.9. The molecule has 0 bridgehead atoms. The number of hydrogen-bond acceptors (Lipinski definition) is 6. The Morgan fingerprint density at radius 1 is 1.25 bits per heavy atom. The maximum atomic E-state index is 13.3. The van der Waals surface area contributed by atoms with E-state index in [1.165, 1.54) is 17.4 Å². The summed E-state index contributed by atoms with van der Waals surface area (Å²) >= 11 is 1.45. The molecule has 0 aliphatic carbocycles. The summed E-state index contributed by atoms with van der Waals surface area (Å²) in [6, 6.07) is 13.1. The third-order valence-electron chi connectivity index (χ3n) is 5.94. The van der Waals surface area contributed by atoms with Gasteiger partial charge in [0.05, 0.1) is 11.7 Å². The molecule has 32 heavy (non-hydrogen) atoms. The third-order valence-corrected chi connectivity index (χ3v) is 6.90. The average Bonchev–Trinajstić information content (AvgIpc) is 3.30. The lowest BCUT2D eigenvalue weighted by atomic mass is 9.92. The molecule has 0 radical (unpaired) electrons. The number of ether oxygens (including phenoxy) is 1. The summed E-state index contributed by atoms with van der Waals surface area (Å²) < 4.78 is 6.37. The largest absolute Gasteiger partial charge is 0.508 e. The van der Waals surface area contributed by atoms with Crippen molar-refractivity contribution in [1.29, 1.82) is 0 Å². The second-order valence-electron chi connectivity index (χ2n) is 8.11. The van der Waals surface area contributed by atoms with E-state index >= 15 is 0 Å². The smallest absolute Gasteiger partial charge is 0.253 e. The Morgan fingerprint density at radius 2 is 2.03 bits per heavy atom. The summed E-state index contributed by atoms with van der Waals surface area (Å²) in [5.41, 5.74) is -0.0134. The molecular formula is C24H24N2O5S. The minimum Gasteiger partial charge on any atom is -0.508 e. The maximum Gasteiger partial charge on any atom is 0.253 e. The molecule has 0 spiro atoms. The molecular weight excluding hydrogens is 428 g/mol. The fraction of sp³-hybridized carbons (Fsp3) is 0.292. The number of thiophene rings is 1. The molecule has 1 fully saturated rings. The second kappa shape index (κ2) is 8.72. The molecule has 1 aromatic heterocycles. The zero-order valence-electron chi connectivity index (χ0n) is 17.8. The Bertz CT molecular complexity index is 1190. The van der Waals surface area contributed by atoms with Gasteiger partial charge in [-0.3, -0.25) is 14.4 Å². The number of amides is 2. The van der Waals surface area contributed by atoms with Crippen molar-refractivity contribution in [3.8, 4) is 5.75 Å². The van der Waals surface area contributed by atoms with Gasteiger partial charge in [0.25, 0.3) is 5.91 Å². The van der Waals surface area contributed by atoms with E-state index in [0.29, 0.717) is 11.1 Å². The van der Waals surface area contributed by atoms with Crippen LogP contribution in [0.25, 0.3) is 10.1 Å². The van der Waals surface area contributed by atoms with E-state index in [-0.39, 0.29) is 30.5 Å². The molecule has 166 valence electrons. The van der Waals surface area contributed by atoms with Crippen LogP contribution in [0.1, 0.15) is 29.8 Å². The summed E-state index contributed by atoms with van der Waals surface area (Å²) in [5, 5.41) is 18.0. The second-order valence-corrected chi connectivity index (χ2v) is 9.02. The monoisotopic (exact) mass is 452 g/mol. The molecule has 1 saturated heterocycles. The number of phenolic OH excluding ortho intramolecular Hbond substituents is 1. The van der Waals surface area contributed by atoms with E-state index in [2.05, 4.69) is 10.6 Å². The van der Waals surface area contributed by atoms with Crippen LogP contribution in [0, 0.1) is 0 Å². The SMILES string of the molecule is CC1OCC(=O)C1(C)NC(=O)C(Cc1cccc(O)c1)NC(=O)c1csc2ccccc12. The number of Topliss-reactive ketones (excluding diaryl/α,β-unsaturated/α-hetero) is 1. The molecule has 3 N–H and O–H groups in total. The number of carbonyl (C=O) groups excluding carboxylic acids is 3. The Labute approximate surface area is 189 Å². The Kier molecular flexibility index (Phi) is 5.99. The van der Waals surface area contributed by atoms with Crippen LogP contribution >= 0.6 is 11.3 Å². The highest BCUT2D eigenvalue weighted by atomic mass is 32.1. The van der Waals surface area contributed by atoms with Gasteiger partial charge in [-0.2, -0.15) is 0 Å². The molecule has 7 nitrogen and oxygen atoms in total. The number of hydrogen-bond donors (Lipinski definition) is 3. The summed E-state index contributed by atoms with van der Waals surface area (Å²) in [5.74, 6) is -1.02. The van der Waals surface area contributed by atoms with E-state index in [1.54, 1.807) is 37.4 Å². The number of phenols is 1. The van der Waals surface area contributed by atoms with Crippen molar-refractivity contribution in [3.05, 3.63) is 65.0 Å². The first kappa shape index (κ1) is 22.0. The van der Waals surface area contributed by atoms with Crippen molar-refractivity contribution in [1.82, 2.24) is 10.6 Å². The molecule has 2 aromatic carbocycles. The summed E-state index contributed by atoms with van der Waals surface area (Å²) in [4.78, 5) is 38.7. The van der Waals surface area contributed by atoms with Gasteiger partial charge in [0, 0.05) is 21.9 Å². The van der Waals surface area contributed by atoms with Crippen molar-refractivity contribution in [2.45, 2.75) is 38.0 Å². The molecule has 3 atom stereocenters. The minimum atomic E-state index is -1.17. The molecule has 3 aromatic rings. The highest BCUT2D eigenvalue weighted by molar-refractivity contribution is 7.17. The van der Waals surface area contributed by atoms with Gasteiger partial charge in [0.1, 0.15) is 23.9 Å². The number of fused-ring (bicyclic) bond motifs is 1. The van der Waals surface area contributed by atoms with Gasteiger partial charge in [0.2, 0.25) is 5.91 Å². The predicted molar refractivity (Wildman–Crippen MR) is 122 cm³/mol. The Hall–Kier alpha value is -3.23. The van der Waals surface area contributed by atoms with Crippen molar-refractivity contribution < 1.29 is 24.2 Å². The third kappa shape index (κ3) is 4.24. The molecule has 3 unspecified atom stereocenters. The molecule has 8 heteroatoms. The van der Waals surface area contributed by atoms with Crippen LogP contribution in [0.15, 0.2) is 53.9 Å². The fourth-order valence-electron chi connectivity index (χ4n) is 3.78. The van der Waals surface area contributed by atoms with Crippen LogP contribution in [-0.4, -0.2) is 47.0 Å². The summed E-state index contributed by atoms with van der Waals surface area (Å²) in [6.07, 6.45) is -0.343. The number of benzene rings is 2. The highest BCUT2D eigenvalue weighted by Crippen LogP contribution is 2.26. The van der Waals surface area contributed by atoms with Crippen molar-refractivity contribution in [2.24, 2.45) is 0 Å². The van der Waals surface area contributed by atoms with Crippen LogP contribution in [0.2, 0.25) is 0 Å². The molecule has 2 heterocycles. The fourth-order valence-corrected chi connectivity index (χ4v) is 4.72. The van der Waals surface area contributed by atoms with E-state index in [9.17, 15) is 19.5 Å². The number of rotatable bonds is 6. The number of nitrogens with one attached hydrogen (secondary N) is 2. The van der Waals surface area contributed by atoms with Crippen LogP contribution in [0.5, 0.6) is 5.75 Å². The molecule has 4 rings (SSSR count). The van der Waals surface area contributed by atoms with E-state index in [0.717, 1.165) is 10.1 Å². The van der Waals surface area contributed by atoms with Crippen molar-refractivity contribution in [2.75, 3.05) is 6.61 Å². The highest BCUT2D eigenvalue weighted by Gasteiger charge is 2.47. The van der Waals surface area contributed by atoms with Gasteiger partial charge in [-0.25, -0.2) is 0 Å². The molecule has 2 amide bonds. The topological polar surface area (TPSA) is 105 Å². The predicted octanol–water partition coefficient (Wildman–Crippen LogP) is 2.81. The molecule has 1 aliphatic heterocycles. The minimum absolute atomic E-state index is 0.0665. The number of ketones is 1. The van der Waals surface area contributed by atoms with Gasteiger partial charge >= 0.3 is 0 Å². The lowest BCUT2D eigenvalue weighted by molar-refractivity contribution is -0.130. The van der Waals surface area contributed by atoms with Gasteiger partial charge in [-0.15, -0.1) is 11.3 Å². The average molecular weight is 453 g/mol. The summed E-state index contributed by atoms with van der Waals surface area (Å²) in [6.45, 7) is 3.29. The van der Waals surface area contributed by atoms with Crippen LogP contribution < -0.4 is 10.6 Å². The first-order valence-electron chi connectivity index (χ1n) is 10.3. The van der Waals surface area contributed by atoms with Crippen LogP contribution in [0.3, 0.4) is 0 Å². The molecule has 1 aliphatic rings. The number of aromatic hydroxyl groups is 1. The molecule has 0 saturated carbocycles. The maximum absolute atomic E-state index is 13.3. The first-order valence-corrected chi connectivity index (χ1v) is 11.2. The normalized spacial score (nSPS) is 21.4. The van der Waals surface area contributed by atoms with Crippen molar-refractivity contribution >= 4 is 39.0 Å². The lowest BCUT2D eigenvalue weighted by Gasteiger charge is -2.29. The van der Waals surface area contributed by atoms with Gasteiger partial charge in [-0.05, 0) is 37.6 Å². The van der Waals surface area contributed by atoms with E-state index in [4.69, 9.17) is 4.74 Å². The van der Waals surface area contributed by atoms with Gasteiger partial charge in [0.15, 0.2) is 5.78 Å². The van der Waals surface area contributed by atoms with Gasteiger partial charge < -0.3 is 20.5 Å². The Balaban J connectivity index is 1.60. The van der Waals surface area contributed by atoms with Crippen molar-refractivity contribution in [3.63, 3.8) is 0 Å². The van der Waals surface area contributed by atoms with E-state index in [1.807, 2.05) is 24.3 Å². The van der Waals surface area contributed by atoms with Gasteiger partial charge in [-0.1, -0.05) is 30.3 Å². The lowest BCUT2D eigenvalue weighted by Crippen LogP contribution is -2.60. The quantitative estimate of drug-likeness (QED) is 0.534. The van der Waals surface area contributed by atoms with Crippen LogP contribution in [-0.2, 0) is 20.7 Å². The summed E-state index contributed by atoms with van der Waals surface area (Å²) in [7, 11) is 0. The van der Waals surface area contributed by atoms with Crippen LogP contribution in [0.4, 0.5) is 0 Å². The standard InChI is InChI=1S/C24H24N2O5S/c1-14-24(2,21(28)12-31-14)26-23(30)19(11-15-6-5-7-16(27)10-15)25-22(29)18-13-32-20-9-4-3-8-17(18)20/h3-10,13-14,19,27H,11-12H2,1-2H3,(H,25,29)(H,26,30). The first-order chi connectivity index (χ1) is 15.3. The zero-order valence-corrected chi connectivity index (χ0v) is 18.6. The Morgan fingerprint density at radius 3 is 2.75 bits per heavy atom. The van der Waals surface area contributed by atoms with E-state index < -0.39 is 23.6 Å².